The monoisotopic (exact) mass is 402 g/mol. The summed E-state index contributed by atoms with van der Waals surface area (Å²) in [6.07, 6.45) is 1.64. The van der Waals surface area contributed by atoms with Crippen LogP contribution in [0.4, 0.5) is 0 Å². The first-order valence-corrected chi connectivity index (χ1v) is 9.81. The molecule has 0 saturated heterocycles. The number of carbonyl (C=O) groups is 1. The minimum absolute atomic E-state index is 0.258. The molecule has 2 aromatic carbocycles. The summed E-state index contributed by atoms with van der Waals surface area (Å²) >= 11 is 1.62. The molecule has 2 aromatic heterocycles. The van der Waals surface area contributed by atoms with E-state index in [1.807, 2.05) is 61.5 Å². The quantitative estimate of drug-likeness (QED) is 0.395. The predicted molar refractivity (Wildman–Crippen MR) is 113 cm³/mol. The molecule has 0 spiro atoms. The van der Waals surface area contributed by atoms with Crippen LogP contribution in [0, 0.1) is 6.92 Å². The van der Waals surface area contributed by atoms with Gasteiger partial charge in [0, 0.05) is 20.9 Å². The third kappa shape index (κ3) is 4.80. The van der Waals surface area contributed by atoms with Gasteiger partial charge in [0.25, 0.3) is 5.91 Å². The van der Waals surface area contributed by atoms with Gasteiger partial charge in [0.05, 0.1) is 12.8 Å². The molecule has 29 heavy (non-hydrogen) atoms. The molecule has 144 valence electrons. The van der Waals surface area contributed by atoms with Gasteiger partial charge in [0.15, 0.2) is 0 Å². The molecule has 0 aliphatic heterocycles. The van der Waals surface area contributed by atoms with Crippen LogP contribution in [-0.4, -0.2) is 32.3 Å². The van der Waals surface area contributed by atoms with Gasteiger partial charge in [0.2, 0.25) is 5.82 Å². The molecule has 7 nitrogen and oxygen atoms in total. The first-order valence-electron chi connectivity index (χ1n) is 8.99. The van der Waals surface area contributed by atoms with Crippen LogP contribution in [-0.2, 0) is 6.54 Å². The van der Waals surface area contributed by atoms with E-state index in [1.165, 1.54) is 9.67 Å². The maximum absolute atomic E-state index is 12.2. The number of aryl methyl sites for hydroxylation is 1. The molecular formula is C21H18N6OS. The van der Waals surface area contributed by atoms with Gasteiger partial charge >= 0.3 is 0 Å². The second kappa shape index (κ2) is 8.57. The average Bonchev–Trinajstić information content (AvgIpc) is 3.38. The zero-order valence-electron chi connectivity index (χ0n) is 15.7. The topological polar surface area (TPSA) is 85.1 Å². The first kappa shape index (κ1) is 18.7. The Labute approximate surface area is 171 Å². The van der Waals surface area contributed by atoms with Gasteiger partial charge in [-0.05, 0) is 42.0 Å². The van der Waals surface area contributed by atoms with Gasteiger partial charge in [-0.25, -0.2) is 5.43 Å². The van der Waals surface area contributed by atoms with Gasteiger partial charge in [0.1, 0.15) is 0 Å². The molecular weight excluding hydrogens is 384 g/mol. The average molecular weight is 402 g/mol. The minimum Gasteiger partial charge on any atom is -0.267 e. The van der Waals surface area contributed by atoms with Gasteiger partial charge in [-0.1, -0.05) is 42.5 Å². The van der Waals surface area contributed by atoms with Crippen LogP contribution in [0.2, 0.25) is 0 Å². The van der Waals surface area contributed by atoms with Gasteiger partial charge in [-0.3, -0.25) is 4.79 Å². The summed E-state index contributed by atoms with van der Waals surface area (Å²) < 4.78 is 0. The van der Waals surface area contributed by atoms with Gasteiger partial charge in [-0.15, -0.1) is 21.5 Å². The Hall–Kier alpha value is -3.65. The largest absolute Gasteiger partial charge is 0.271 e. The van der Waals surface area contributed by atoms with Crippen molar-refractivity contribution in [1.82, 2.24) is 25.6 Å². The molecule has 0 bridgehead atoms. The van der Waals surface area contributed by atoms with Crippen LogP contribution in [0.1, 0.15) is 25.7 Å². The number of tetrazole rings is 1. The van der Waals surface area contributed by atoms with E-state index < -0.39 is 0 Å². The fraction of sp³-hybridized carbons (Fsp3) is 0.0952. The number of hydrogen-bond acceptors (Lipinski definition) is 6. The van der Waals surface area contributed by atoms with Crippen LogP contribution in [0.3, 0.4) is 0 Å². The third-order valence-electron chi connectivity index (χ3n) is 4.14. The Kier molecular flexibility index (Phi) is 5.53. The molecule has 0 radical (unpaired) electrons. The summed E-state index contributed by atoms with van der Waals surface area (Å²) in [4.78, 5) is 15.9. The lowest BCUT2D eigenvalue weighted by Crippen LogP contribution is -2.17. The van der Waals surface area contributed by atoms with Gasteiger partial charge in [-0.2, -0.15) is 9.90 Å². The molecule has 8 heteroatoms. The third-order valence-corrected chi connectivity index (χ3v) is 5.08. The standard InChI is InChI=1S/C21H18N6OS/c1-15-7-12-19(29-15)13-22-24-21(28)18-10-8-16(9-11-18)14-27-25-20(23-26-27)17-5-3-2-4-6-17/h2-13H,14H2,1H3,(H,24,28)/b22-13-. The van der Waals surface area contributed by atoms with Crippen LogP contribution in [0.5, 0.6) is 0 Å². The highest BCUT2D eigenvalue weighted by Crippen LogP contribution is 2.13. The number of thiophene rings is 1. The highest BCUT2D eigenvalue weighted by Gasteiger charge is 2.07. The van der Waals surface area contributed by atoms with E-state index in [9.17, 15) is 4.79 Å². The lowest BCUT2D eigenvalue weighted by Gasteiger charge is -2.03. The molecule has 4 aromatic rings. The number of nitrogens with zero attached hydrogens (tertiary/aromatic N) is 5. The summed E-state index contributed by atoms with van der Waals surface area (Å²) in [5.74, 6) is 0.326. The zero-order chi connectivity index (χ0) is 20.1. The van der Waals surface area contributed by atoms with E-state index in [0.29, 0.717) is 17.9 Å². The molecule has 0 aliphatic carbocycles. The van der Waals surface area contributed by atoms with Crippen molar-refractivity contribution in [2.24, 2.45) is 5.10 Å². The van der Waals surface area contributed by atoms with Crippen LogP contribution in [0.25, 0.3) is 11.4 Å². The molecule has 0 unspecified atom stereocenters. The van der Waals surface area contributed by atoms with E-state index in [0.717, 1.165) is 16.0 Å². The molecule has 2 heterocycles. The predicted octanol–water partition coefficient (Wildman–Crippen LogP) is 3.52. The van der Waals surface area contributed by atoms with Crippen molar-refractivity contribution in [3.8, 4) is 11.4 Å². The normalized spacial score (nSPS) is 11.1. The van der Waals surface area contributed by atoms with Gasteiger partial charge < -0.3 is 0 Å². The minimum atomic E-state index is -0.258. The second-order valence-corrected chi connectivity index (χ2v) is 7.67. The summed E-state index contributed by atoms with van der Waals surface area (Å²) in [5.41, 5.74) is 4.97. The summed E-state index contributed by atoms with van der Waals surface area (Å²) in [6, 6.07) is 20.9. The molecule has 0 fully saturated rings. The SMILES string of the molecule is Cc1ccc(/C=N\NC(=O)c2ccc(Cn3nnc(-c4ccccc4)n3)cc2)s1. The fourth-order valence-electron chi connectivity index (χ4n) is 2.68. The molecule has 0 aliphatic rings. The van der Waals surface area contributed by atoms with Crippen molar-refractivity contribution in [3.63, 3.8) is 0 Å². The molecule has 4 rings (SSSR count). The Morgan fingerprint density at radius 2 is 1.90 bits per heavy atom. The number of carbonyl (C=O) groups excluding carboxylic acids is 1. The lowest BCUT2D eigenvalue weighted by molar-refractivity contribution is 0.0955. The van der Waals surface area contributed by atoms with Crippen LogP contribution >= 0.6 is 11.3 Å². The number of amides is 1. The Balaban J connectivity index is 1.36. The van der Waals surface area contributed by atoms with E-state index >= 15 is 0 Å². The van der Waals surface area contributed by atoms with E-state index in [1.54, 1.807) is 29.7 Å². The van der Waals surface area contributed by atoms with Crippen molar-refractivity contribution < 1.29 is 4.79 Å². The van der Waals surface area contributed by atoms with E-state index in [2.05, 4.69) is 25.9 Å². The van der Waals surface area contributed by atoms with E-state index in [-0.39, 0.29) is 5.91 Å². The second-order valence-electron chi connectivity index (χ2n) is 6.35. The molecule has 0 saturated carbocycles. The summed E-state index contributed by atoms with van der Waals surface area (Å²) in [7, 11) is 0. The summed E-state index contributed by atoms with van der Waals surface area (Å²) in [6.45, 7) is 2.50. The molecule has 1 amide bonds. The van der Waals surface area contributed by atoms with Crippen LogP contribution < -0.4 is 5.43 Å². The molecule has 0 atom stereocenters. The highest BCUT2D eigenvalue weighted by molar-refractivity contribution is 7.13. The Bertz CT molecular complexity index is 1130. The first-order chi connectivity index (χ1) is 14.2. The van der Waals surface area contributed by atoms with Crippen LogP contribution in [0.15, 0.2) is 71.8 Å². The number of hydrazone groups is 1. The smallest absolute Gasteiger partial charge is 0.267 e. The Morgan fingerprint density at radius 1 is 1.10 bits per heavy atom. The van der Waals surface area contributed by atoms with Crippen molar-refractivity contribution in [1.29, 1.82) is 0 Å². The van der Waals surface area contributed by atoms with Crippen molar-refractivity contribution in [2.75, 3.05) is 0 Å². The number of nitrogens with one attached hydrogen (secondary N) is 1. The maximum Gasteiger partial charge on any atom is 0.271 e. The number of aromatic nitrogens is 4. The fourth-order valence-corrected chi connectivity index (χ4v) is 3.43. The summed E-state index contributed by atoms with van der Waals surface area (Å²) in [5, 5.41) is 16.6. The maximum atomic E-state index is 12.2. The Morgan fingerprint density at radius 3 is 2.62 bits per heavy atom. The number of hydrogen-bond donors (Lipinski definition) is 1. The lowest BCUT2D eigenvalue weighted by atomic mass is 10.1. The number of benzene rings is 2. The van der Waals surface area contributed by atoms with E-state index in [4.69, 9.17) is 0 Å². The zero-order valence-corrected chi connectivity index (χ0v) is 16.5. The van der Waals surface area contributed by atoms with Crippen molar-refractivity contribution >= 4 is 23.5 Å². The van der Waals surface area contributed by atoms with Crippen molar-refractivity contribution in [3.05, 3.63) is 87.6 Å². The number of rotatable bonds is 6. The van der Waals surface area contributed by atoms with Crippen molar-refractivity contribution in [2.45, 2.75) is 13.5 Å². The molecule has 1 N–H and O–H groups in total. The highest BCUT2D eigenvalue weighted by atomic mass is 32.1.